The number of benzene rings is 2. The maximum Gasteiger partial charge on any atom is 0.183 e. The third-order valence-electron chi connectivity index (χ3n) is 4.50. The van der Waals surface area contributed by atoms with Crippen molar-refractivity contribution in [2.45, 2.75) is 35.3 Å². The summed E-state index contributed by atoms with van der Waals surface area (Å²) in [5.74, 6) is -0.802. The second-order valence-electron chi connectivity index (χ2n) is 6.42. The van der Waals surface area contributed by atoms with Crippen LogP contribution in [0.5, 0.6) is 0 Å². The first-order valence-electron chi connectivity index (χ1n) is 7.66. The second-order valence-corrected chi connectivity index (χ2v) is 11.0. The molecule has 2 aromatic carbocycles. The van der Waals surface area contributed by atoms with Gasteiger partial charge in [-0.2, -0.15) is 0 Å². The van der Waals surface area contributed by atoms with E-state index in [4.69, 9.17) is 0 Å². The van der Waals surface area contributed by atoms with Crippen LogP contribution < -0.4 is 0 Å². The van der Waals surface area contributed by atoms with E-state index in [0.717, 1.165) is 0 Å². The van der Waals surface area contributed by atoms with Crippen LogP contribution in [0.4, 0.5) is 0 Å². The molecule has 0 radical (unpaired) electrons. The van der Waals surface area contributed by atoms with Gasteiger partial charge in [0.1, 0.15) is 0 Å². The van der Waals surface area contributed by atoms with Gasteiger partial charge in [0.25, 0.3) is 0 Å². The Morgan fingerprint density at radius 1 is 0.792 bits per heavy atom. The lowest BCUT2D eigenvalue weighted by Gasteiger charge is -2.31. The van der Waals surface area contributed by atoms with Crippen molar-refractivity contribution in [3.8, 4) is 0 Å². The van der Waals surface area contributed by atoms with Crippen LogP contribution in [-0.4, -0.2) is 27.3 Å². The molecule has 0 amide bonds. The standard InChI is InChI=1S/C18H22O4S2/c1-15(14-23(19,20)16-10-6-4-7-11-16)18(2,3)24(21,22)17-12-8-5-9-13-17/h4-13,15H,14H2,1-3H3/t15-/m1/s1. The van der Waals surface area contributed by atoms with E-state index in [0.29, 0.717) is 0 Å². The zero-order valence-corrected chi connectivity index (χ0v) is 15.6. The Kier molecular flexibility index (Phi) is 5.20. The highest BCUT2D eigenvalue weighted by atomic mass is 32.2. The Bertz CT molecular complexity index is 885. The van der Waals surface area contributed by atoms with E-state index in [1.54, 1.807) is 57.2 Å². The van der Waals surface area contributed by atoms with Crippen molar-refractivity contribution in [3.63, 3.8) is 0 Å². The fourth-order valence-electron chi connectivity index (χ4n) is 2.42. The minimum Gasteiger partial charge on any atom is -0.224 e. The predicted octanol–water partition coefficient (Wildman–Crippen LogP) is 3.35. The van der Waals surface area contributed by atoms with E-state index in [1.807, 2.05) is 0 Å². The number of sulfone groups is 2. The summed E-state index contributed by atoms with van der Waals surface area (Å²) in [5.41, 5.74) is 0. The maximum absolute atomic E-state index is 12.9. The molecule has 0 aliphatic carbocycles. The number of rotatable bonds is 6. The van der Waals surface area contributed by atoms with E-state index < -0.39 is 30.3 Å². The van der Waals surface area contributed by atoms with Crippen LogP contribution in [0.25, 0.3) is 0 Å². The normalized spacial score (nSPS) is 14.3. The summed E-state index contributed by atoms with van der Waals surface area (Å²) in [6.07, 6.45) is 0. The SMILES string of the molecule is C[C@H](CS(=O)(=O)c1ccccc1)C(C)(C)S(=O)(=O)c1ccccc1. The van der Waals surface area contributed by atoms with E-state index in [1.165, 1.54) is 24.3 Å². The van der Waals surface area contributed by atoms with Crippen molar-refractivity contribution >= 4 is 19.7 Å². The Hall–Kier alpha value is -1.66. The van der Waals surface area contributed by atoms with Gasteiger partial charge in [-0.25, -0.2) is 16.8 Å². The van der Waals surface area contributed by atoms with Gasteiger partial charge in [-0.1, -0.05) is 43.3 Å². The highest BCUT2D eigenvalue weighted by molar-refractivity contribution is 7.93. The first kappa shape index (κ1) is 18.7. The average molecular weight is 367 g/mol. The average Bonchev–Trinajstić information content (AvgIpc) is 2.56. The molecule has 0 N–H and O–H groups in total. The van der Waals surface area contributed by atoms with Crippen LogP contribution in [-0.2, 0) is 19.7 Å². The molecular weight excluding hydrogens is 344 g/mol. The van der Waals surface area contributed by atoms with Crippen molar-refractivity contribution in [2.75, 3.05) is 5.75 Å². The lowest BCUT2D eigenvalue weighted by atomic mass is 9.99. The fraction of sp³-hybridized carbons (Fsp3) is 0.333. The molecule has 0 aromatic heterocycles. The van der Waals surface area contributed by atoms with Gasteiger partial charge in [-0.15, -0.1) is 0 Å². The molecule has 0 saturated carbocycles. The van der Waals surface area contributed by atoms with Gasteiger partial charge in [-0.05, 0) is 44.0 Å². The zero-order chi connectivity index (χ0) is 18.0. The van der Waals surface area contributed by atoms with Gasteiger partial charge in [0.15, 0.2) is 19.7 Å². The molecule has 2 rings (SSSR count). The zero-order valence-electron chi connectivity index (χ0n) is 14.0. The third kappa shape index (κ3) is 3.54. The number of hydrogen-bond acceptors (Lipinski definition) is 4. The quantitative estimate of drug-likeness (QED) is 0.786. The van der Waals surface area contributed by atoms with Crippen LogP contribution in [0.1, 0.15) is 20.8 Å². The molecular formula is C18H22O4S2. The molecule has 24 heavy (non-hydrogen) atoms. The fourth-order valence-corrected chi connectivity index (χ4v) is 6.10. The summed E-state index contributed by atoms with van der Waals surface area (Å²) in [6.45, 7) is 4.84. The van der Waals surface area contributed by atoms with Crippen LogP contribution in [0.2, 0.25) is 0 Å². The summed E-state index contributed by atoms with van der Waals surface area (Å²) in [7, 11) is -7.21. The van der Waals surface area contributed by atoms with Gasteiger partial charge in [-0.3, -0.25) is 0 Å². The van der Waals surface area contributed by atoms with E-state index in [-0.39, 0.29) is 15.5 Å². The maximum atomic E-state index is 12.9. The van der Waals surface area contributed by atoms with Crippen LogP contribution in [0, 0.1) is 5.92 Å². The summed E-state index contributed by atoms with van der Waals surface area (Å²) in [5, 5.41) is 0. The van der Waals surface area contributed by atoms with Gasteiger partial charge >= 0.3 is 0 Å². The summed E-state index contributed by atoms with van der Waals surface area (Å²) in [6, 6.07) is 16.3. The minimum atomic E-state index is -3.66. The summed E-state index contributed by atoms with van der Waals surface area (Å²) >= 11 is 0. The first-order valence-corrected chi connectivity index (χ1v) is 10.8. The molecule has 0 unspecified atom stereocenters. The molecule has 130 valence electrons. The molecule has 1 atom stereocenters. The second kappa shape index (κ2) is 6.69. The van der Waals surface area contributed by atoms with Crippen molar-refractivity contribution in [3.05, 3.63) is 60.7 Å². The molecule has 6 heteroatoms. The lowest BCUT2D eigenvalue weighted by Crippen LogP contribution is -2.41. The van der Waals surface area contributed by atoms with Crippen molar-refractivity contribution in [2.24, 2.45) is 5.92 Å². The Labute approximate surface area is 144 Å². The predicted molar refractivity (Wildman–Crippen MR) is 95.4 cm³/mol. The Morgan fingerprint density at radius 3 is 1.67 bits per heavy atom. The number of hydrogen-bond donors (Lipinski definition) is 0. The van der Waals surface area contributed by atoms with Gasteiger partial charge in [0.05, 0.1) is 20.3 Å². The van der Waals surface area contributed by atoms with Crippen molar-refractivity contribution < 1.29 is 16.8 Å². The van der Waals surface area contributed by atoms with Crippen molar-refractivity contribution in [1.82, 2.24) is 0 Å². The van der Waals surface area contributed by atoms with Gasteiger partial charge in [0, 0.05) is 0 Å². The highest BCUT2D eigenvalue weighted by Crippen LogP contribution is 2.33. The Balaban J connectivity index is 2.33. The molecule has 2 aromatic rings. The largest absolute Gasteiger partial charge is 0.224 e. The molecule has 0 saturated heterocycles. The van der Waals surface area contributed by atoms with Crippen LogP contribution in [0.3, 0.4) is 0 Å². The van der Waals surface area contributed by atoms with E-state index >= 15 is 0 Å². The van der Waals surface area contributed by atoms with Crippen LogP contribution >= 0.6 is 0 Å². The third-order valence-corrected chi connectivity index (χ3v) is 9.11. The lowest BCUT2D eigenvalue weighted by molar-refractivity contribution is 0.451. The molecule has 0 fully saturated rings. The molecule has 0 aliphatic heterocycles. The first-order chi connectivity index (χ1) is 11.1. The van der Waals surface area contributed by atoms with E-state index in [2.05, 4.69) is 0 Å². The summed E-state index contributed by atoms with van der Waals surface area (Å²) in [4.78, 5) is 0.420. The summed E-state index contributed by atoms with van der Waals surface area (Å²) < 4.78 is 49.7. The van der Waals surface area contributed by atoms with Gasteiger partial charge < -0.3 is 0 Å². The van der Waals surface area contributed by atoms with Gasteiger partial charge in [0.2, 0.25) is 0 Å². The molecule has 4 nitrogen and oxygen atoms in total. The topological polar surface area (TPSA) is 68.3 Å². The highest BCUT2D eigenvalue weighted by Gasteiger charge is 2.42. The molecule has 0 bridgehead atoms. The van der Waals surface area contributed by atoms with Crippen molar-refractivity contribution in [1.29, 1.82) is 0 Å². The monoisotopic (exact) mass is 366 g/mol. The van der Waals surface area contributed by atoms with Crippen LogP contribution in [0.15, 0.2) is 70.5 Å². The Morgan fingerprint density at radius 2 is 1.21 bits per heavy atom. The molecule has 0 spiro atoms. The molecule has 0 heterocycles. The molecule has 0 aliphatic rings. The minimum absolute atomic E-state index is 0.207. The van der Waals surface area contributed by atoms with E-state index in [9.17, 15) is 16.8 Å². The smallest absolute Gasteiger partial charge is 0.183 e.